The third-order valence-corrected chi connectivity index (χ3v) is 7.22. The van der Waals surface area contributed by atoms with Gasteiger partial charge in [-0.1, -0.05) is 6.07 Å². The van der Waals surface area contributed by atoms with Crippen molar-refractivity contribution < 1.29 is 14.0 Å². The number of likely N-dealkylation sites (tertiary alicyclic amines) is 1. The van der Waals surface area contributed by atoms with Crippen LogP contribution in [0.1, 0.15) is 34.4 Å². The fourth-order valence-electron chi connectivity index (χ4n) is 4.96. The van der Waals surface area contributed by atoms with E-state index in [4.69, 9.17) is 4.42 Å². The lowest BCUT2D eigenvalue weighted by Crippen LogP contribution is -2.55. The summed E-state index contributed by atoms with van der Waals surface area (Å²) in [5, 5.41) is 0. The normalized spacial score (nSPS) is 26.1. The molecule has 29 heavy (non-hydrogen) atoms. The van der Waals surface area contributed by atoms with E-state index in [1.807, 2.05) is 27.6 Å². The first-order chi connectivity index (χ1) is 14.1. The number of furan rings is 1. The van der Waals surface area contributed by atoms with E-state index in [2.05, 4.69) is 0 Å². The molecule has 5 heterocycles. The minimum absolute atomic E-state index is 0.0147. The van der Waals surface area contributed by atoms with Gasteiger partial charge in [-0.2, -0.15) is 11.8 Å². The minimum Gasteiger partial charge on any atom is -0.472 e. The number of carbonyl (C=O) groups excluding carboxylic acids is 2. The molecule has 0 unspecified atom stereocenters. The monoisotopic (exact) mass is 413 g/mol. The molecule has 0 spiro atoms. The number of hydrogen-bond donors (Lipinski definition) is 0. The van der Waals surface area contributed by atoms with Crippen molar-refractivity contribution in [2.75, 3.05) is 37.7 Å². The highest BCUT2D eigenvalue weighted by molar-refractivity contribution is 7.99. The molecule has 0 aliphatic carbocycles. The standard InChI is InChI=1S/C21H23N3O4S/c25-18-3-1-2-17-15-10-16(12-23(11-15)20(26)14-4-7-28-13-14)19(24(17)18)21(27)22-5-8-29-9-6-22/h1-4,7,13,15-16,19H,5-6,8-12H2/t15-,16+,19-/m1/s1. The van der Waals surface area contributed by atoms with Gasteiger partial charge in [0.15, 0.2) is 0 Å². The maximum atomic E-state index is 13.5. The minimum atomic E-state index is -0.544. The van der Waals surface area contributed by atoms with Crippen molar-refractivity contribution in [1.29, 1.82) is 0 Å². The number of nitrogens with zero attached hydrogens (tertiary/aromatic N) is 3. The molecule has 2 aromatic heterocycles. The van der Waals surface area contributed by atoms with Crippen molar-refractivity contribution in [3.05, 3.63) is 58.4 Å². The molecule has 0 saturated carbocycles. The van der Waals surface area contributed by atoms with Gasteiger partial charge in [-0.15, -0.1) is 0 Å². The number of aromatic nitrogens is 1. The highest BCUT2D eigenvalue weighted by Crippen LogP contribution is 2.42. The maximum Gasteiger partial charge on any atom is 0.257 e. The first kappa shape index (κ1) is 18.5. The molecular weight excluding hydrogens is 390 g/mol. The van der Waals surface area contributed by atoms with Crippen LogP contribution < -0.4 is 5.56 Å². The first-order valence-corrected chi connectivity index (χ1v) is 11.2. The van der Waals surface area contributed by atoms with Crippen molar-refractivity contribution in [2.45, 2.75) is 18.4 Å². The molecule has 2 amide bonds. The number of amides is 2. The Morgan fingerprint density at radius 2 is 1.90 bits per heavy atom. The lowest BCUT2D eigenvalue weighted by atomic mass is 9.77. The van der Waals surface area contributed by atoms with E-state index in [0.717, 1.165) is 23.6 Å². The Morgan fingerprint density at radius 3 is 2.66 bits per heavy atom. The average Bonchev–Trinajstić information content (AvgIpc) is 3.29. The lowest BCUT2D eigenvalue weighted by molar-refractivity contribution is -0.137. The molecule has 7 nitrogen and oxygen atoms in total. The molecule has 0 radical (unpaired) electrons. The van der Waals surface area contributed by atoms with Gasteiger partial charge in [0, 0.05) is 61.3 Å². The molecule has 0 aromatic carbocycles. The fourth-order valence-corrected chi connectivity index (χ4v) is 5.86. The highest BCUT2D eigenvalue weighted by Gasteiger charge is 2.46. The molecule has 2 aromatic rings. The fraction of sp³-hybridized carbons (Fsp3) is 0.476. The molecule has 3 aliphatic rings. The maximum absolute atomic E-state index is 13.5. The van der Waals surface area contributed by atoms with Crippen LogP contribution in [0.4, 0.5) is 0 Å². The zero-order valence-corrected chi connectivity index (χ0v) is 16.8. The summed E-state index contributed by atoms with van der Waals surface area (Å²) in [6.07, 6.45) is 3.77. The van der Waals surface area contributed by atoms with Crippen LogP contribution in [0.2, 0.25) is 0 Å². The van der Waals surface area contributed by atoms with Crippen molar-refractivity contribution in [3.63, 3.8) is 0 Å². The Hall–Kier alpha value is -2.48. The van der Waals surface area contributed by atoms with E-state index in [1.54, 1.807) is 16.7 Å². The van der Waals surface area contributed by atoms with Gasteiger partial charge < -0.3 is 14.2 Å². The Morgan fingerprint density at radius 1 is 1.07 bits per heavy atom. The second-order valence-corrected chi connectivity index (χ2v) is 9.18. The first-order valence-electron chi connectivity index (χ1n) is 10.0. The van der Waals surface area contributed by atoms with E-state index in [1.165, 1.54) is 18.6 Å². The molecule has 152 valence electrons. The summed E-state index contributed by atoms with van der Waals surface area (Å²) in [7, 11) is 0. The predicted molar refractivity (Wildman–Crippen MR) is 109 cm³/mol. The molecular formula is C21H23N3O4S. The SMILES string of the molecule is O=C(c1ccoc1)N1C[C@H]2C[C@@H](C1)[C@H](C(=O)N1CCSCC1)n1c2cccc1=O. The van der Waals surface area contributed by atoms with E-state index in [-0.39, 0.29) is 29.2 Å². The van der Waals surface area contributed by atoms with Crippen LogP contribution in [0, 0.1) is 5.92 Å². The third-order valence-electron chi connectivity index (χ3n) is 6.28. The Balaban J connectivity index is 1.52. The zero-order valence-electron chi connectivity index (χ0n) is 16.0. The number of rotatable bonds is 2. The van der Waals surface area contributed by atoms with E-state index >= 15 is 0 Å². The van der Waals surface area contributed by atoms with Gasteiger partial charge in [0.2, 0.25) is 5.91 Å². The molecule has 5 rings (SSSR count). The van der Waals surface area contributed by atoms with Gasteiger partial charge in [0.1, 0.15) is 12.3 Å². The summed E-state index contributed by atoms with van der Waals surface area (Å²) >= 11 is 1.85. The number of pyridine rings is 1. The predicted octanol–water partition coefficient (Wildman–Crippen LogP) is 1.82. The van der Waals surface area contributed by atoms with Gasteiger partial charge in [-0.3, -0.25) is 19.0 Å². The van der Waals surface area contributed by atoms with Gasteiger partial charge in [-0.05, 0) is 18.6 Å². The summed E-state index contributed by atoms with van der Waals surface area (Å²) in [5.41, 5.74) is 1.26. The summed E-state index contributed by atoms with van der Waals surface area (Å²) < 4.78 is 6.79. The zero-order chi connectivity index (χ0) is 20.0. The van der Waals surface area contributed by atoms with Crippen LogP contribution in [-0.2, 0) is 4.79 Å². The van der Waals surface area contributed by atoms with Gasteiger partial charge in [0.05, 0.1) is 11.8 Å². The van der Waals surface area contributed by atoms with Gasteiger partial charge in [-0.25, -0.2) is 0 Å². The Bertz CT molecular complexity index is 980. The van der Waals surface area contributed by atoms with Crippen LogP contribution in [0.15, 0.2) is 46.0 Å². The quantitative estimate of drug-likeness (QED) is 0.751. The number of thioether (sulfide) groups is 1. The lowest BCUT2D eigenvalue weighted by Gasteiger charge is -2.47. The molecule has 3 aliphatic heterocycles. The van der Waals surface area contributed by atoms with Crippen LogP contribution in [-0.4, -0.2) is 63.9 Å². The topological polar surface area (TPSA) is 75.8 Å². The van der Waals surface area contributed by atoms with Crippen LogP contribution >= 0.6 is 11.8 Å². The highest BCUT2D eigenvalue weighted by atomic mass is 32.2. The molecule has 2 saturated heterocycles. The Kier molecular flexibility index (Phi) is 4.73. The Labute approximate surface area is 172 Å². The molecule has 3 atom stereocenters. The number of fused-ring (bicyclic) bond motifs is 4. The summed E-state index contributed by atoms with van der Waals surface area (Å²) in [6, 6.07) is 6.34. The molecule has 2 fully saturated rings. The van der Waals surface area contributed by atoms with E-state index in [0.29, 0.717) is 31.7 Å². The van der Waals surface area contributed by atoms with Crippen LogP contribution in [0.25, 0.3) is 0 Å². The van der Waals surface area contributed by atoms with Crippen molar-refractivity contribution in [2.24, 2.45) is 5.92 Å². The molecule has 2 bridgehead atoms. The number of piperidine rings is 1. The largest absolute Gasteiger partial charge is 0.472 e. The van der Waals surface area contributed by atoms with Gasteiger partial charge >= 0.3 is 0 Å². The average molecular weight is 413 g/mol. The van der Waals surface area contributed by atoms with E-state index in [9.17, 15) is 14.4 Å². The summed E-state index contributed by atoms with van der Waals surface area (Å²) in [4.78, 5) is 43.0. The molecule has 0 N–H and O–H groups in total. The smallest absolute Gasteiger partial charge is 0.257 e. The van der Waals surface area contributed by atoms with Gasteiger partial charge in [0.25, 0.3) is 11.5 Å². The van der Waals surface area contributed by atoms with Crippen LogP contribution in [0.3, 0.4) is 0 Å². The van der Waals surface area contributed by atoms with Crippen LogP contribution in [0.5, 0.6) is 0 Å². The summed E-state index contributed by atoms with van der Waals surface area (Å²) in [6.45, 7) is 2.45. The van der Waals surface area contributed by atoms with Crippen molar-refractivity contribution in [3.8, 4) is 0 Å². The number of hydrogen-bond acceptors (Lipinski definition) is 5. The van der Waals surface area contributed by atoms with Crippen molar-refractivity contribution in [1.82, 2.24) is 14.4 Å². The van der Waals surface area contributed by atoms with Crippen molar-refractivity contribution >= 4 is 23.6 Å². The second-order valence-electron chi connectivity index (χ2n) is 7.96. The van der Waals surface area contributed by atoms with E-state index < -0.39 is 6.04 Å². The number of carbonyl (C=O) groups is 2. The third kappa shape index (κ3) is 3.19. The summed E-state index contributed by atoms with van der Waals surface area (Å²) in [5.74, 6) is 1.77. The second kappa shape index (κ2) is 7.40. The molecule has 8 heteroatoms.